The summed E-state index contributed by atoms with van der Waals surface area (Å²) in [5.41, 5.74) is 3.14. The number of halogens is 3. The Morgan fingerprint density at radius 1 is 0.912 bits per heavy atom. The van der Waals surface area contributed by atoms with E-state index >= 15 is 0 Å². The molecule has 34 heavy (non-hydrogen) atoms. The van der Waals surface area contributed by atoms with Gasteiger partial charge in [-0.1, -0.05) is 34.8 Å². The summed E-state index contributed by atoms with van der Waals surface area (Å²) in [7, 11) is 0. The molecule has 0 aliphatic carbocycles. The maximum atomic E-state index is 12.5. The Kier molecular flexibility index (Phi) is 9.16. The number of ether oxygens (including phenoxy) is 3. The van der Waals surface area contributed by atoms with Gasteiger partial charge in [0, 0.05) is 10.0 Å². The zero-order chi connectivity index (χ0) is 24.5. The molecule has 0 atom stereocenters. The number of rotatable bonds is 9. The average Bonchev–Trinajstić information content (AvgIpc) is 2.80. The maximum absolute atomic E-state index is 12.5. The lowest BCUT2D eigenvalue weighted by Crippen LogP contribution is -2.24. The minimum absolute atomic E-state index is 0.169. The highest BCUT2D eigenvalue weighted by molar-refractivity contribution is 6.36. The molecule has 1 amide bonds. The second kappa shape index (κ2) is 12.3. The molecule has 0 heterocycles. The second-order valence-corrected chi connectivity index (χ2v) is 7.97. The van der Waals surface area contributed by atoms with Gasteiger partial charge in [-0.25, -0.2) is 10.2 Å². The van der Waals surface area contributed by atoms with Gasteiger partial charge in [-0.3, -0.25) is 4.79 Å². The van der Waals surface area contributed by atoms with Crippen molar-refractivity contribution >= 4 is 52.9 Å². The first-order valence-electron chi connectivity index (χ1n) is 10.00. The molecule has 0 radical (unpaired) electrons. The Morgan fingerprint density at radius 2 is 1.65 bits per heavy atom. The third kappa shape index (κ3) is 7.38. The highest BCUT2D eigenvalue weighted by Crippen LogP contribution is 2.30. The molecule has 0 aliphatic rings. The van der Waals surface area contributed by atoms with Crippen molar-refractivity contribution in [3.63, 3.8) is 0 Å². The average molecular weight is 522 g/mol. The van der Waals surface area contributed by atoms with Crippen LogP contribution in [0.15, 0.2) is 65.8 Å². The number of carbonyl (C=O) groups excluding carboxylic acids is 2. The fraction of sp³-hybridized carbons (Fsp3) is 0.125. The zero-order valence-corrected chi connectivity index (χ0v) is 20.2. The SMILES string of the molecule is CCOc1cc(/C=N\NC(=O)COc2ccc(Cl)cc2)ccc1OC(=O)c1ccc(Cl)cc1Cl. The largest absolute Gasteiger partial charge is 0.490 e. The minimum atomic E-state index is -0.656. The second-order valence-electron chi connectivity index (χ2n) is 6.69. The van der Waals surface area contributed by atoms with Crippen LogP contribution >= 0.6 is 34.8 Å². The van der Waals surface area contributed by atoms with Crippen LogP contribution in [0.5, 0.6) is 17.2 Å². The number of benzene rings is 3. The molecule has 7 nitrogen and oxygen atoms in total. The van der Waals surface area contributed by atoms with E-state index in [4.69, 9.17) is 49.0 Å². The normalized spacial score (nSPS) is 10.7. The molecule has 0 bridgehead atoms. The number of hydrogen-bond acceptors (Lipinski definition) is 6. The van der Waals surface area contributed by atoms with E-state index in [9.17, 15) is 9.59 Å². The van der Waals surface area contributed by atoms with Crippen LogP contribution in [-0.4, -0.2) is 31.3 Å². The van der Waals surface area contributed by atoms with E-state index in [1.807, 2.05) is 0 Å². The van der Waals surface area contributed by atoms with Gasteiger partial charge in [0.05, 0.1) is 23.4 Å². The third-order valence-electron chi connectivity index (χ3n) is 4.21. The molecule has 3 aromatic carbocycles. The lowest BCUT2D eigenvalue weighted by molar-refractivity contribution is -0.123. The van der Waals surface area contributed by atoms with Crippen LogP contribution in [0.2, 0.25) is 15.1 Å². The smallest absolute Gasteiger partial charge is 0.345 e. The molecule has 3 rings (SSSR count). The highest BCUT2D eigenvalue weighted by Gasteiger charge is 2.16. The molecular weight excluding hydrogens is 503 g/mol. The molecule has 0 saturated heterocycles. The number of nitrogens with one attached hydrogen (secondary N) is 1. The summed E-state index contributed by atoms with van der Waals surface area (Å²) >= 11 is 17.8. The van der Waals surface area contributed by atoms with Crippen LogP contribution in [0.3, 0.4) is 0 Å². The van der Waals surface area contributed by atoms with Gasteiger partial charge in [0.15, 0.2) is 18.1 Å². The van der Waals surface area contributed by atoms with Crippen LogP contribution in [0.1, 0.15) is 22.8 Å². The van der Waals surface area contributed by atoms with Crippen molar-refractivity contribution in [2.45, 2.75) is 6.92 Å². The van der Waals surface area contributed by atoms with E-state index in [1.54, 1.807) is 55.5 Å². The monoisotopic (exact) mass is 520 g/mol. The van der Waals surface area contributed by atoms with Crippen molar-refractivity contribution in [2.24, 2.45) is 5.10 Å². The fourth-order valence-corrected chi connectivity index (χ4v) is 3.27. The summed E-state index contributed by atoms with van der Waals surface area (Å²) in [4.78, 5) is 24.4. The van der Waals surface area contributed by atoms with Crippen molar-refractivity contribution in [1.82, 2.24) is 5.43 Å². The quantitative estimate of drug-likeness (QED) is 0.167. The first-order chi connectivity index (χ1) is 16.4. The van der Waals surface area contributed by atoms with E-state index in [2.05, 4.69) is 10.5 Å². The number of esters is 1. The third-order valence-corrected chi connectivity index (χ3v) is 5.01. The highest BCUT2D eigenvalue weighted by atomic mass is 35.5. The van der Waals surface area contributed by atoms with Gasteiger partial charge in [-0.15, -0.1) is 0 Å². The van der Waals surface area contributed by atoms with Gasteiger partial charge in [0.2, 0.25) is 0 Å². The van der Waals surface area contributed by atoms with E-state index in [0.29, 0.717) is 33.7 Å². The Labute approximate surface area is 211 Å². The Morgan fingerprint density at radius 3 is 2.35 bits per heavy atom. The predicted molar refractivity (Wildman–Crippen MR) is 132 cm³/mol. The van der Waals surface area contributed by atoms with Gasteiger partial charge < -0.3 is 14.2 Å². The molecule has 3 aromatic rings. The Bertz CT molecular complexity index is 1200. The fourth-order valence-electron chi connectivity index (χ4n) is 2.66. The summed E-state index contributed by atoms with van der Waals surface area (Å²) in [6.07, 6.45) is 1.42. The van der Waals surface area contributed by atoms with Gasteiger partial charge >= 0.3 is 5.97 Å². The Hall–Kier alpha value is -3.26. The van der Waals surface area contributed by atoms with Crippen LogP contribution < -0.4 is 19.6 Å². The van der Waals surface area contributed by atoms with E-state index in [-0.39, 0.29) is 22.9 Å². The van der Waals surface area contributed by atoms with Crippen LogP contribution in [0, 0.1) is 0 Å². The molecule has 0 aromatic heterocycles. The van der Waals surface area contributed by atoms with Crippen molar-refractivity contribution in [3.8, 4) is 17.2 Å². The maximum Gasteiger partial charge on any atom is 0.345 e. The molecule has 0 aliphatic heterocycles. The summed E-state index contributed by atoms with van der Waals surface area (Å²) in [5.74, 6) is -0.0637. The standard InChI is InChI=1S/C24H19Cl3N2O5/c1-2-32-22-11-15(13-28-29-23(30)14-33-18-7-4-16(25)5-8-18)3-10-21(22)34-24(31)19-9-6-17(26)12-20(19)27/h3-13H,2,14H2,1H3,(H,29,30)/b28-13-. The predicted octanol–water partition coefficient (Wildman–Crippen LogP) is 5.79. The minimum Gasteiger partial charge on any atom is -0.490 e. The Balaban J connectivity index is 1.61. The molecular formula is C24H19Cl3N2O5. The molecule has 0 unspecified atom stereocenters. The topological polar surface area (TPSA) is 86.2 Å². The first-order valence-corrected chi connectivity index (χ1v) is 11.1. The van der Waals surface area contributed by atoms with Crippen LogP contribution in [-0.2, 0) is 4.79 Å². The van der Waals surface area contributed by atoms with Gasteiger partial charge in [0.1, 0.15) is 5.75 Å². The van der Waals surface area contributed by atoms with Crippen molar-refractivity contribution in [3.05, 3.63) is 86.9 Å². The number of hydrogen-bond donors (Lipinski definition) is 1. The van der Waals surface area contributed by atoms with Gasteiger partial charge in [0.25, 0.3) is 5.91 Å². The van der Waals surface area contributed by atoms with Crippen LogP contribution in [0.4, 0.5) is 0 Å². The molecule has 176 valence electrons. The van der Waals surface area contributed by atoms with Gasteiger partial charge in [-0.05, 0) is 73.2 Å². The molecule has 1 N–H and O–H groups in total. The summed E-state index contributed by atoms with van der Waals surface area (Å²) < 4.78 is 16.4. The van der Waals surface area contributed by atoms with E-state index in [1.165, 1.54) is 18.3 Å². The lowest BCUT2D eigenvalue weighted by Gasteiger charge is -2.12. The summed E-state index contributed by atoms with van der Waals surface area (Å²) in [6, 6.07) is 15.9. The van der Waals surface area contributed by atoms with Crippen molar-refractivity contribution in [1.29, 1.82) is 0 Å². The summed E-state index contributed by atoms with van der Waals surface area (Å²) in [5, 5.41) is 5.06. The van der Waals surface area contributed by atoms with E-state index < -0.39 is 11.9 Å². The van der Waals surface area contributed by atoms with Crippen molar-refractivity contribution < 1.29 is 23.8 Å². The molecule has 0 fully saturated rings. The van der Waals surface area contributed by atoms with Crippen molar-refractivity contribution in [2.75, 3.05) is 13.2 Å². The molecule has 10 heteroatoms. The first kappa shape index (κ1) is 25.4. The van der Waals surface area contributed by atoms with Gasteiger partial charge in [-0.2, -0.15) is 5.10 Å². The number of nitrogens with zero attached hydrogens (tertiary/aromatic N) is 1. The summed E-state index contributed by atoms with van der Waals surface area (Å²) in [6.45, 7) is 1.92. The molecule has 0 spiro atoms. The number of carbonyl (C=O) groups is 2. The number of hydrazone groups is 1. The lowest BCUT2D eigenvalue weighted by atomic mass is 10.2. The number of amides is 1. The van der Waals surface area contributed by atoms with E-state index in [0.717, 1.165) is 0 Å². The zero-order valence-electron chi connectivity index (χ0n) is 17.9. The van der Waals surface area contributed by atoms with Crippen LogP contribution in [0.25, 0.3) is 0 Å². The molecule has 0 saturated carbocycles.